The van der Waals surface area contributed by atoms with Gasteiger partial charge in [-0.2, -0.15) is 0 Å². The number of hydrogen-bond donors (Lipinski definition) is 0. The van der Waals surface area contributed by atoms with E-state index in [0.29, 0.717) is 0 Å². The summed E-state index contributed by atoms with van der Waals surface area (Å²) in [6.45, 7) is 0. The maximum Gasteiger partial charge on any atom is 0.0384 e. The molecule has 0 bridgehead atoms. The van der Waals surface area contributed by atoms with Gasteiger partial charge < -0.3 is 0 Å². The van der Waals surface area contributed by atoms with Gasteiger partial charge in [0.15, 0.2) is 0 Å². The van der Waals surface area contributed by atoms with Crippen molar-refractivity contribution in [2.24, 2.45) is 0 Å². The van der Waals surface area contributed by atoms with Crippen LogP contribution in [0.2, 0.25) is 0 Å². The molecule has 0 heterocycles. The van der Waals surface area contributed by atoms with Crippen LogP contribution in [0.25, 0.3) is 0 Å². The molecule has 70 valence electrons. The summed E-state index contributed by atoms with van der Waals surface area (Å²) in [5.41, 5.74) is 0. The fourth-order valence-electron chi connectivity index (χ4n) is 1.23. The second-order valence-corrected chi connectivity index (χ2v) is 5.53. The molecule has 0 nitrogen and oxygen atoms in total. The van der Waals surface area contributed by atoms with Crippen molar-refractivity contribution in [2.75, 3.05) is 0 Å². The van der Waals surface area contributed by atoms with Crippen molar-refractivity contribution >= 4 is 27.2 Å². The van der Waals surface area contributed by atoms with Gasteiger partial charge >= 0.3 is 0 Å². The zero-order valence-corrected chi connectivity index (χ0v) is 10.9. The van der Waals surface area contributed by atoms with Gasteiger partial charge in [0.25, 0.3) is 0 Å². The first-order chi connectivity index (χ1) is 6.84. The van der Waals surface area contributed by atoms with Crippen LogP contribution in [0, 0.1) is 0 Å². The molecule has 2 aromatic rings. The highest BCUT2D eigenvalue weighted by molar-refractivity contribution is 7.99. The second kappa shape index (κ2) is 4.49. The van der Waals surface area contributed by atoms with Gasteiger partial charge in [-0.25, -0.2) is 0 Å². The Balaban J connectivity index is 2.16. The number of rotatable bonds is 2. The minimum atomic E-state index is 1.14. The average Bonchev–Trinajstić information content (AvgIpc) is 2.23. The summed E-state index contributed by atoms with van der Waals surface area (Å²) in [6, 6.07) is 19.3. The van der Waals surface area contributed by atoms with Gasteiger partial charge in [0.2, 0.25) is 0 Å². The lowest BCUT2D eigenvalue weighted by Crippen LogP contribution is -1.98. The van der Waals surface area contributed by atoms with Crippen molar-refractivity contribution in [3.8, 4) is 0 Å². The Morgan fingerprint density at radius 3 is 1.93 bits per heavy atom. The molecule has 0 radical (unpaired) electrons. The van der Waals surface area contributed by atoms with Crippen LogP contribution in [0.15, 0.2) is 64.4 Å². The van der Waals surface area contributed by atoms with Gasteiger partial charge in [0.1, 0.15) is 0 Å². The Bertz CT molecular complexity index is 394. The van der Waals surface area contributed by atoms with Crippen molar-refractivity contribution < 1.29 is 0 Å². The summed E-state index contributed by atoms with van der Waals surface area (Å²) < 4.78 is 0. The maximum atomic E-state index is 2.21. The van der Waals surface area contributed by atoms with Crippen molar-refractivity contribution in [3.05, 3.63) is 54.6 Å². The highest BCUT2D eigenvalue weighted by atomic mass is 32.2. The minimum Gasteiger partial charge on any atom is -0.0901 e. The largest absolute Gasteiger partial charge is 0.0901 e. The second-order valence-electron chi connectivity index (χ2n) is 3.23. The van der Waals surface area contributed by atoms with Crippen LogP contribution in [0.1, 0.15) is 0 Å². The lowest BCUT2D eigenvalue weighted by Gasteiger charge is -2.01. The molecule has 0 aliphatic heterocycles. The Labute approximate surface area is 91.8 Å². The van der Waals surface area contributed by atoms with Crippen LogP contribution in [0.5, 0.6) is 0 Å². The van der Waals surface area contributed by atoms with Crippen LogP contribution in [0.3, 0.4) is 0 Å². The van der Waals surface area contributed by atoms with E-state index in [0.717, 1.165) is 10.2 Å². The predicted octanol–water partition coefficient (Wildman–Crippen LogP) is 1.83. The molecule has 14 heavy (non-hydrogen) atoms. The van der Waals surface area contributed by atoms with E-state index in [1.54, 1.807) is 0 Å². The third-order valence-corrected chi connectivity index (χ3v) is 3.68. The van der Waals surface area contributed by atoms with Crippen LogP contribution in [-0.2, 0) is 0 Å². The van der Waals surface area contributed by atoms with E-state index >= 15 is 0 Å². The Morgan fingerprint density at radius 1 is 0.714 bits per heavy atom. The highest BCUT2D eigenvalue weighted by Crippen LogP contribution is 2.26. The normalized spacial score (nSPS) is 10.3. The fourth-order valence-corrected chi connectivity index (χ4v) is 2.40. The predicted molar refractivity (Wildman–Crippen MR) is 66.6 cm³/mol. The molecule has 0 fully saturated rings. The third-order valence-electron chi connectivity index (χ3n) is 2.00. The number of benzene rings is 2. The molecule has 0 spiro atoms. The van der Waals surface area contributed by atoms with E-state index in [2.05, 4.69) is 48.5 Å². The molecule has 0 aromatic heterocycles. The molecule has 0 saturated heterocycles. The third kappa shape index (κ3) is 2.50. The molecule has 0 amide bonds. The molecule has 0 N–H and O–H groups in total. The van der Waals surface area contributed by atoms with E-state index in [-0.39, 0.29) is 0 Å². The first-order valence-electron chi connectivity index (χ1n) is 4.64. The molecule has 2 aromatic carbocycles. The SMILES string of the molecule is [SiH3]c1ccc(Sc2ccccc2)cc1. The van der Waals surface area contributed by atoms with E-state index in [1.807, 2.05) is 17.8 Å². The van der Waals surface area contributed by atoms with E-state index < -0.39 is 0 Å². The molecule has 0 aliphatic rings. The summed E-state index contributed by atoms with van der Waals surface area (Å²) in [5, 5.41) is 1.45. The Hall–Kier alpha value is -0.993. The summed E-state index contributed by atoms with van der Waals surface area (Å²) in [6.07, 6.45) is 0. The quantitative estimate of drug-likeness (QED) is 0.690. The van der Waals surface area contributed by atoms with Crippen molar-refractivity contribution in [1.29, 1.82) is 0 Å². The summed E-state index contributed by atoms with van der Waals surface area (Å²) in [4.78, 5) is 2.62. The molecule has 0 aliphatic carbocycles. The molecule has 2 rings (SSSR count). The topological polar surface area (TPSA) is 0 Å². The van der Waals surface area contributed by atoms with E-state index in [1.165, 1.54) is 15.0 Å². The van der Waals surface area contributed by atoms with Crippen LogP contribution < -0.4 is 5.19 Å². The smallest absolute Gasteiger partial charge is 0.0384 e. The molecule has 0 saturated carbocycles. The lowest BCUT2D eigenvalue weighted by atomic mass is 10.4. The molecular weight excluding hydrogens is 204 g/mol. The van der Waals surface area contributed by atoms with Crippen LogP contribution >= 0.6 is 11.8 Å². The standard InChI is InChI=1S/C12H12SSi/c14-12-8-6-11(7-9-12)13-10-4-2-1-3-5-10/h1-9H,14H3. The van der Waals surface area contributed by atoms with Gasteiger partial charge in [0.05, 0.1) is 0 Å². The van der Waals surface area contributed by atoms with Gasteiger partial charge in [-0.15, -0.1) is 0 Å². The first kappa shape index (κ1) is 9.56. The molecular formula is C12H12SSi. The monoisotopic (exact) mass is 216 g/mol. The van der Waals surface area contributed by atoms with Gasteiger partial charge in [-0.05, 0) is 24.3 Å². The zero-order chi connectivity index (χ0) is 9.80. The van der Waals surface area contributed by atoms with E-state index in [9.17, 15) is 0 Å². The van der Waals surface area contributed by atoms with E-state index in [4.69, 9.17) is 0 Å². The highest BCUT2D eigenvalue weighted by Gasteiger charge is 1.94. The summed E-state index contributed by atoms with van der Waals surface area (Å²) in [7, 11) is 1.14. The maximum absolute atomic E-state index is 2.21. The average molecular weight is 216 g/mol. The lowest BCUT2D eigenvalue weighted by molar-refractivity contribution is 1.41. The van der Waals surface area contributed by atoms with Gasteiger partial charge in [-0.3, -0.25) is 0 Å². The van der Waals surface area contributed by atoms with Crippen molar-refractivity contribution in [1.82, 2.24) is 0 Å². The fraction of sp³-hybridized carbons (Fsp3) is 0. The molecule has 2 heteroatoms. The molecule has 0 unspecified atom stereocenters. The van der Waals surface area contributed by atoms with Crippen molar-refractivity contribution in [3.63, 3.8) is 0 Å². The van der Waals surface area contributed by atoms with Crippen LogP contribution in [0.4, 0.5) is 0 Å². The van der Waals surface area contributed by atoms with Gasteiger partial charge in [-0.1, -0.05) is 47.3 Å². The van der Waals surface area contributed by atoms with Crippen molar-refractivity contribution in [2.45, 2.75) is 9.79 Å². The Morgan fingerprint density at radius 2 is 1.29 bits per heavy atom. The summed E-state index contributed by atoms with van der Waals surface area (Å²) >= 11 is 1.81. The summed E-state index contributed by atoms with van der Waals surface area (Å²) in [5.74, 6) is 0. The minimum absolute atomic E-state index is 1.14. The van der Waals surface area contributed by atoms with Crippen LogP contribution in [-0.4, -0.2) is 10.2 Å². The zero-order valence-electron chi connectivity index (χ0n) is 8.10. The molecule has 0 atom stereocenters. The Kier molecular flexibility index (Phi) is 3.06. The first-order valence-corrected chi connectivity index (χ1v) is 6.46. The van der Waals surface area contributed by atoms with Gasteiger partial charge in [0, 0.05) is 20.0 Å². The number of hydrogen-bond acceptors (Lipinski definition) is 1.